The highest BCUT2D eigenvalue weighted by atomic mass is 35.5. The second-order valence-corrected chi connectivity index (χ2v) is 9.03. The van der Waals surface area contributed by atoms with Crippen LogP contribution in [0.3, 0.4) is 0 Å². The van der Waals surface area contributed by atoms with Crippen LogP contribution in [-0.4, -0.2) is 27.0 Å². The molecule has 152 valence electrons. The van der Waals surface area contributed by atoms with Crippen LogP contribution in [0.2, 0.25) is 5.02 Å². The largest absolute Gasteiger partial charge is 0.481 e. The zero-order valence-electron chi connectivity index (χ0n) is 16.3. The molecule has 0 saturated carbocycles. The number of benzene rings is 2. The number of carbonyl (C=O) groups is 1. The average molecular weight is 425 g/mol. The summed E-state index contributed by atoms with van der Waals surface area (Å²) in [6.45, 7) is 8.05. The van der Waals surface area contributed by atoms with E-state index in [1.807, 2.05) is 20.8 Å². The first-order valence-corrected chi connectivity index (χ1v) is 10.8. The number of aryl methyl sites for hydroxylation is 1. The Morgan fingerprint density at radius 2 is 1.75 bits per heavy atom. The van der Waals surface area contributed by atoms with Gasteiger partial charge in [-0.3, -0.25) is 9.52 Å². The average Bonchev–Trinajstić information content (AvgIpc) is 2.63. The molecule has 0 bridgehead atoms. The lowest BCUT2D eigenvalue weighted by Gasteiger charge is -2.16. The smallest absolute Gasteiger partial charge is 0.261 e. The van der Waals surface area contributed by atoms with E-state index < -0.39 is 16.1 Å². The number of carbonyl (C=O) groups excluding carboxylic acids is 1. The van der Waals surface area contributed by atoms with Crippen LogP contribution in [0.25, 0.3) is 0 Å². The van der Waals surface area contributed by atoms with Gasteiger partial charge in [0.05, 0.1) is 10.6 Å². The molecule has 0 spiro atoms. The third-order valence-corrected chi connectivity index (χ3v) is 5.73. The molecule has 2 aromatic carbocycles. The number of sulfonamides is 1. The van der Waals surface area contributed by atoms with Crippen molar-refractivity contribution in [2.24, 2.45) is 5.92 Å². The summed E-state index contributed by atoms with van der Waals surface area (Å²) in [4.78, 5) is 12.1. The van der Waals surface area contributed by atoms with E-state index >= 15 is 0 Å². The molecule has 0 heterocycles. The second-order valence-electron chi connectivity index (χ2n) is 6.94. The molecular weight excluding hydrogens is 400 g/mol. The highest BCUT2D eigenvalue weighted by Gasteiger charge is 2.17. The molecule has 0 aliphatic rings. The van der Waals surface area contributed by atoms with E-state index in [0.29, 0.717) is 28.9 Å². The summed E-state index contributed by atoms with van der Waals surface area (Å²) < 4.78 is 33.1. The van der Waals surface area contributed by atoms with Crippen molar-refractivity contribution >= 4 is 33.2 Å². The Morgan fingerprint density at radius 1 is 1.11 bits per heavy atom. The van der Waals surface area contributed by atoms with E-state index in [9.17, 15) is 13.2 Å². The molecule has 0 aliphatic carbocycles. The minimum Gasteiger partial charge on any atom is -0.481 e. The Balaban J connectivity index is 2.04. The molecule has 1 amide bonds. The Labute approximate surface area is 171 Å². The number of amides is 1. The van der Waals surface area contributed by atoms with Gasteiger partial charge in [0, 0.05) is 11.6 Å². The van der Waals surface area contributed by atoms with Crippen molar-refractivity contribution in [3.8, 4) is 5.75 Å². The first kappa shape index (κ1) is 22.0. The third kappa shape index (κ3) is 6.14. The fourth-order valence-electron chi connectivity index (χ4n) is 2.27. The van der Waals surface area contributed by atoms with Crippen LogP contribution >= 0.6 is 11.6 Å². The number of rotatable bonds is 8. The highest BCUT2D eigenvalue weighted by molar-refractivity contribution is 7.92. The third-order valence-electron chi connectivity index (χ3n) is 3.92. The van der Waals surface area contributed by atoms with Gasteiger partial charge in [-0.05, 0) is 61.7 Å². The Kier molecular flexibility index (Phi) is 7.32. The summed E-state index contributed by atoms with van der Waals surface area (Å²) in [6, 6.07) is 10.8. The fraction of sp³-hybridized carbons (Fsp3) is 0.350. The number of hydrogen-bond acceptors (Lipinski definition) is 4. The van der Waals surface area contributed by atoms with E-state index in [4.69, 9.17) is 16.3 Å². The Hall–Kier alpha value is -2.25. The lowest BCUT2D eigenvalue weighted by molar-refractivity contribution is -0.127. The van der Waals surface area contributed by atoms with Crippen molar-refractivity contribution in [2.45, 2.75) is 38.7 Å². The second kappa shape index (κ2) is 9.30. The first-order valence-electron chi connectivity index (χ1n) is 8.92. The standard InChI is InChI=1S/C20H25ClN2O4S/c1-13(2)12-22-20(24)15(4)27-17-7-9-18(10-8-17)28(25,26)23-16-6-5-14(3)19(21)11-16/h5-11,13,15,23H,12H2,1-4H3,(H,22,24)/t15-/m1/s1. The maximum atomic E-state index is 12.5. The van der Waals surface area contributed by atoms with Crippen LogP contribution in [0, 0.1) is 12.8 Å². The molecule has 2 aromatic rings. The van der Waals surface area contributed by atoms with Crippen LogP contribution < -0.4 is 14.8 Å². The zero-order valence-corrected chi connectivity index (χ0v) is 17.9. The predicted octanol–water partition coefficient (Wildman–Crippen LogP) is 3.99. The van der Waals surface area contributed by atoms with Crippen molar-refractivity contribution < 1.29 is 17.9 Å². The quantitative estimate of drug-likeness (QED) is 0.671. The van der Waals surface area contributed by atoms with Crippen LogP contribution in [0.1, 0.15) is 26.3 Å². The maximum absolute atomic E-state index is 12.5. The van der Waals surface area contributed by atoms with Crippen molar-refractivity contribution in [3.05, 3.63) is 53.1 Å². The van der Waals surface area contributed by atoms with E-state index in [1.165, 1.54) is 24.3 Å². The van der Waals surface area contributed by atoms with Gasteiger partial charge < -0.3 is 10.1 Å². The monoisotopic (exact) mass is 424 g/mol. The summed E-state index contributed by atoms with van der Waals surface area (Å²) >= 11 is 6.04. The Bertz CT molecular complexity index is 928. The van der Waals surface area contributed by atoms with Crippen LogP contribution in [0.4, 0.5) is 5.69 Å². The van der Waals surface area contributed by atoms with Gasteiger partial charge in [0.2, 0.25) is 0 Å². The van der Waals surface area contributed by atoms with Gasteiger partial charge >= 0.3 is 0 Å². The van der Waals surface area contributed by atoms with E-state index in [2.05, 4.69) is 10.0 Å². The van der Waals surface area contributed by atoms with Gasteiger partial charge in [0.25, 0.3) is 15.9 Å². The van der Waals surface area contributed by atoms with Gasteiger partial charge in [-0.15, -0.1) is 0 Å². The molecule has 6 nitrogen and oxygen atoms in total. The number of anilines is 1. The van der Waals surface area contributed by atoms with E-state index in [0.717, 1.165) is 5.56 Å². The van der Waals surface area contributed by atoms with Gasteiger partial charge in [0.1, 0.15) is 5.75 Å². The minimum absolute atomic E-state index is 0.0773. The molecular formula is C20H25ClN2O4S. The van der Waals surface area contributed by atoms with Crippen LogP contribution in [0.5, 0.6) is 5.75 Å². The molecule has 1 atom stereocenters. The predicted molar refractivity (Wildman–Crippen MR) is 111 cm³/mol. The summed E-state index contributed by atoms with van der Waals surface area (Å²) in [5.41, 5.74) is 1.24. The molecule has 0 aromatic heterocycles. The van der Waals surface area contributed by atoms with Gasteiger partial charge in [-0.1, -0.05) is 31.5 Å². The van der Waals surface area contributed by atoms with Crippen molar-refractivity contribution in [1.29, 1.82) is 0 Å². The minimum atomic E-state index is -3.77. The molecule has 28 heavy (non-hydrogen) atoms. The number of nitrogens with one attached hydrogen (secondary N) is 2. The lowest BCUT2D eigenvalue weighted by atomic mass is 10.2. The maximum Gasteiger partial charge on any atom is 0.261 e. The normalized spacial score (nSPS) is 12.5. The van der Waals surface area contributed by atoms with Crippen LogP contribution in [0.15, 0.2) is 47.4 Å². The molecule has 8 heteroatoms. The van der Waals surface area contributed by atoms with E-state index in [-0.39, 0.29) is 10.8 Å². The molecule has 2 rings (SSSR count). The number of halogens is 1. The highest BCUT2D eigenvalue weighted by Crippen LogP contribution is 2.23. The molecule has 0 saturated heterocycles. The molecule has 0 radical (unpaired) electrons. The first-order chi connectivity index (χ1) is 13.1. The van der Waals surface area contributed by atoms with Crippen molar-refractivity contribution in [1.82, 2.24) is 5.32 Å². The summed E-state index contributed by atoms with van der Waals surface area (Å²) in [7, 11) is -3.77. The fourth-order valence-corrected chi connectivity index (χ4v) is 3.50. The number of hydrogen-bond donors (Lipinski definition) is 2. The molecule has 0 aliphatic heterocycles. The SMILES string of the molecule is Cc1ccc(NS(=O)(=O)c2ccc(O[C@H](C)C(=O)NCC(C)C)cc2)cc1Cl. The van der Waals surface area contributed by atoms with Gasteiger partial charge in [0.15, 0.2) is 6.10 Å². The Morgan fingerprint density at radius 3 is 2.32 bits per heavy atom. The summed E-state index contributed by atoms with van der Waals surface area (Å²) in [5, 5.41) is 3.27. The van der Waals surface area contributed by atoms with Gasteiger partial charge in [-0.2, -0.15) is 0 Å². The van der Waals surface area contributed by atoms with E-state index in [1.54, 1.807) is 25.1 Å². The summed E-state index contributed by atoms with van der Waals surface area (Å²) in [5.74, 6) is 0.532. The topological polar surface area (TPSA) is 84.5 Å². The summed E-state index contributed by atoms with van der Waals surface area (Å²) in [6.07, 6.45) is -0.686. The molecule has 2 N–H and O–H groups in total. The zero-order chi connectivity index (χ0) is 20.9. The van der Waals surface area contributed by atoms with Crippen molar-refractivity contribution in [2.75, 3.05) is 11.3 Å². The number of ether oxygens (including phenoxy) is 1. The van der Waals surface area contributed by atoms with Crippen LogP contribution in [-0.2, 0) is 14.8 Å². The van der Waals surface area contributed by atoms with Gasteiger partial charge in [-0.25, -0.2) is 8.42 Å². The lowest BCUT2D eigenvalue weighted by Crippen LogP contribution is -2.38. The molecule has 0 unspecified atom stereocenters. The van der Waals surface area contributed by atoms with Crippen molar-refractivity contribution in [3.63, 3.8) is 0 Å². The molecule has 0 fully saturated rings.